The molecule has 1 aromatic heterocycles. The second-order valence-electron chi connectivity index (χ2n) is 3.91. The highest BCUT2D eigenvalue weighted by molar-refractivity contribution is 7.15. The van der Waals surface area contributed by atoms with E-state index in [1.54, 1.807) is 13.1 Å². The van der Waals surface area contributed by atoms with Gasteiger partial charge < -0.3 is 11.1 Å². The van der Waals surface area contributed by atoms with Crippen LogP contribution >= 0.6 is 22.9 Å². The number of rotatable bonds is 4. The zero-order valence-electron chi connectivity index (χ0n) is 10.0. The minimum atomic E-state index is -0.667. The Morgan fingerprint density at radius 2 is 2.32 bits per heavy atom. The van der Waals surface area contributed by atoms with Gasteiger partial charge in [0.15, 0.2) is 0 Å². The maximum Gasteiger partial charge on any atom is 0.248 e. The monoisotopic (exact) mass is 299 g/mol. The SMILES string of the molecule is Cc1c(F)cc(C(N)=O)cc1NCc1ncc(Cl)s1. The number of hydrogen-bond acceptors (Lipinski definition) is 4. The van der Waals surface area contributed by atoms with Gasteiger partial charge in [0.1, 0.15) is 15.2 Å². The molecule has 0 radical (unpaired) electrons. The normalized spacial score (nSPS) is 10.5. The Kier molecular flexibility index (Phi) is 4.01. The van der Waals surface area contributed by atoms with Crippen LogP contribution in [0.1, 0.15) is 20.9 Å². The Morgan fingerprint density at radius 3 is 2.89 bits per heavy atom. The van der Waals surface area contributed by atoms with Crippen molar-refractivity contribution in [2.24, 2.45) is 5.73 Å². The number of amides is 1. The summed E-state index contributed by atoms with van der Waals surface area (Å²) in [5, 5.41) is 3.79. The molecule has 0 bridgehead atoms. The summed E-state index contributed by atoms with van der Waals surface area (Å²) in [5.74, 6) is -1.14. The number of nitrogens with zero attached hydrogens (tertiary/aromatic N) is 1. The average molecular weight is 300 g/mol. The Morgan fingerprint density at radius 1 is 1.58 bits per heavy atom. The first-order valence-corrected chi connectivity index (χ1v) is 6.61. The number of nitrogens with one attached hydrogen (secondary N) is 1. The van der Waals surface area contributed by atoms with Gasteiger partial charge in [0, 0.05) is 16.8 Å². The zero-order valence-corrected chi connectivity index (χ0v) is 11.6. The molecule has 0 atom stereocenters. The van der Waals surface area contributed by atoms with Crippen LogP contribution in [-0.2, 0) is 6.54 Å². The number of halogens is 2. The summed E-state index contributed by atoms with van der Waals surface area (Å²) in [7, 11) is 0. The minimum Gasteiger partial charge on any atom is -0.378 e. The summed E-state index contributed by atoms with van der Waals surface area (Å²) in [5.41, 5.74) is 6.22. The standard InChI is InChI=1S/C12H11ClFN3OS/c1-6-8(14)2-7(12(15)18)3-9(6)16-5-11-17-4-10(13)19-11/h2-4,16H,5H2,1H3,(H2,15,18). The molecule has 0 fully saturated rings. The number of hydrogen-bond donors (Lipinski definition) is 2. The molecular formula is C12H11ClFN3OS. The molecule has 0 spiro atoms. The number of carbonyl (C=O) groups is 1. The van der Waals surface area contributed by atoms with Gasteiger partial charge in [-0.3, -0.25) is 4.79 Å². The van der Waals surface area contributed by atoms with E-state index in [1.165, 1.54) is 17.4 Å². The van der Waals surface area contributed by atoms with E-state index < -0.39 is 11.7 Å². The molecule has 2 rings (SSSR count). The van der Waals surface area contributed by atoms with E-state index in [4.69, 9.17) is 17.3 Å². The van der Waals surface area contributed by atoms with Crippen LogP contribution in [0, 0.1) is 12.7 Å². The maximum absolute atomic E-state index is 13.6. The van der Waals surface area contributed by atoms with Gasteiger partial charge in [-0.25, -0.2) is 9.37 Å². The Bertz CT molecular complexity index is 629. The van der Waals surface area contributed by atoms with E-state index in [-0.39, 0.29) is 5.56 Å². The predicted octanol–water partition coefficient (Wildman–Crippen LogP) is 2.96. The van der Waals surface area contributed by atoms with Crippen LogP contribution in [0.15, 0.2) is 18.3 Å². The van der Waals surface area contributed by atoms with Crippen molar-refractivity contribution in [3.8, 4) is 0 Å². The highest BCUT2D eigenvalue weighted by Crippen LogP contribution is 2.23. The molecule has 0 aliphatic rings. The Labute approximate surface area is 118 Å². The molecule has 1 aromatic carbocycles. The number of carbonyl (C=O) groups excluding carboxylic acids is 1. The van der Waals surface area contributed by atoms with Gasteiger partial charge in [-0.2, -0.15) is 0 Å². The summed E-state index contributed by atoms with van der Waals surface area (Å²) in [6.07, 6.45) is 1.55. The molecule has 0 saturated carbocycles. The van der Waals surface area contributed by atoms with Gasteiger partial charge in [-0.15, -0.1) is 11.3 Å². The van der Waals surface area contributed by atoms with Crippen LogP contribution in [0.4, 0.5) is 10.1 Å². The fourth-order valence-electron chi connectivity index (χ4n) is 1.55. The number of nitrogens with two attached hydrogens (primary N) is 1. The molecule has 2 aromatic rings. The van der Waals surface area contributed by atoms with Crippen molar-refractivity contribution in [2.45, 2.75) is 13.5 Å². The van der Waals surface area contributed by atoms with Crippen molar-refractivity contribution >= 4 is 34.5 Å². The van der Waals surface area contributed by atoms with Crippen LogP contribution in [0.5, 0.6) is 0 Å². The molecular weight excluding hydrogens is 289 g/mol. The molecule has 0 unspecified atom stereocenters. The van der Waals surface area contributed by atoms with Crippen LogP contribution in [-0.4, -0.2) is 10.9 Å². The summed E-state index contributed by atoms with van der Waals surface area (Å²) >= 11 is 7.11. The molecule has 7 heteroatoms. The van der Waals surface area contributed by atoms with E-state index in [1.807, 2.05) is 0 Å². The smallest absolute Gasteiger partial charge is 0.248 e. The topological polar surface area (TPSA) is 68.0 Å². The van der Waals surface area contributed by atoms with Crippen molar-refractivity contribution < 1.29 is 9.18 Å². The van der Waals surface area contributed by atoms with Crippen molar-refractivity contribution in [3.05, 3.63) is 44.6 Å². The van der Waals surface area contributed by atoms with Gasteiger partial charge in [-0.1, -0.05) is 11.6 Å². The minimum absolute atomic E-state index is 0.128. The molecule has 0 aliphatic carbocycles. The lowest BCUT2D eigenvalue weighted by Crippen LogP contribution is -2.13. The third kappa shape index (κ3) is 3.21. The van der Waals surface area contributed by atoms with E-state index in [2.05, 4.69) is 10.3 Å². The molecule has 1 heterocycles. The van der Waals surface area contributed by atoms with E-state index in [9.17, 15) is 9.18 Å². The van der Waals surface area contributed by atoms with Gasteiger partial charge in [0.2, 0.25) is 5.91 Å². The lowest BCUT2D eigenvalue weighted by Gasteiger charge is -2.10. The van der Waals surface area contributed by atoms with Crippen LogP contribution in [0.3, 0.4) is 0 Å². The van der Waals surface area contributed by atoms with Gasteiger partial charge in [0.05, 0.1) is 12.7 Å². The lowest BCUT2D eigenvalue weighted by atomic mass is 10.1. The van der Waals surface area contributed by atoms with Crippen LogP contribution < -0.4 is 11.1 Å². The first kappa shape index (κ1) is 13.8. The van der Waals surface area contributed by atoms with Gasteiger partial charge in [-0.05, 0) is 19.1 Å². The van der Waals surface area contributed by atoms with Crippen LogP contribution in [0.2, 0.25) is 4.34 Å². The first-order valence-electron chi connectivity index (χ1n) is 5.41. The summed E-state index contributed by atoms with van der Waals surface area (Å²) in [6, 6.07) is 2.65. The molecule has 0 saturated heterocycles. The number of aromatic nitrogens is 1. The van der Waals surface area contributed by atoms with Crippen molar-refractivity contribution in [2.75, 3.05) is 5.32 Å². The van der Waals surface area contributed by atoms with E-state index in [0.29, 0.717) is 22.1 Å². The van der Waals surface area contributed by atoms with Gasteiger partial charge >= 0.3 is 0 Å². The highest BCUT2D eigenvalue weighted by atomic mass is 35.5. The molecule has 1 amide bonds. The fraction of sp³-hybridized carbons (Fsp3) is 0.167. The second-order valence-corrected chi connectivity index (χ2v) is 5.65. The first-order chi connectivity index (χ1) is 8.97. The zero-order chi connectivity index (χ0) is 14.0. The fourth-order valence-corrected chi connectivity index (χ4v) is 2.44. The quantitative estimate of drug-likeness (QED) is 0.912. The molecule has 19 heavy (non-hydrogen) atoms. The summed E-state index contributed by atoms with van der Waals surface area (Å²) in [4.78, 5) is 15.2. The number of primary amides is 1. The highest BCUT2D eigenvalue weighted by Gasteiger charge is 2.10. The van der Waals surface area contributed by atoms with Crippen LogP contribution in [0.25, 0.3) is 0 Å². The van der Waals surface area contributed by atoms with Crippen molar-refractivity contribution in [1.29, 1.82) is 0 Å². The predicted molar refractivity (Wildman–Crippen MR) is 74.1 cm³/mol. The van der Waals surface area contributed by atoms with E-state index in [0.717, 1.165) is 11.1 Å². The maximum atomic E-state index is 13.6. The largest absolute Gasteiger partial charge is 0.378 e. The average Bonchev–Trinajstić information content (AvgIpc) is 2.76. The van der Waals surface area contributed by atoms with E-state index >= 15 is 0 Å². The molecule has 4 nitrogen and oxygen atoms in total. The number of thiazole rings is 1. The summed E-state index contributed by atoms with van der Waals surface area (Å²) < 4.78 is 14.2. The molecule has 0 aliphatic heterocycles. The lowest BCUT2D eigenvalue weighted by molar-refractivity contribution is 0.1000. The van der Waals surface area contributed by atoms with Gasteiger partial charge in [0.25, 0.3) is 0 Å². The molecule has 3 N–H and O–H groups in total. The number of benzene rings is 1. The van der Waals surface area contributed by atoms with Crippen molar-refractivity contribution in [3.63, 3.8) is 0 Å². The third-order valence-corrected chi connectivity index (χ3v) is 3.70. The Balaban J connectivity index is 2.21. The number of anilines is 1. The molecule has 100 valence electrons. The third-order valence-electron chi connectivity index (χ3n) is 2.58. The Hall–Kier alpha value is -1.66. The van der Waals surface area contributed by atoms with Crippen molar-refractivity contribution in [1.82, 2.24) is 4.98 Å². The second kappa shape index (κ2) is 5.54. The summed E-state index contributed by atoms with van der Waals surface area (Å²) in [6.45, 7) is 2.02.